The fraction of sp³-hybridized carbons (Fsp3) is 0.583. The van der Waals surface area contributed by atoms with Crippen molar-refractivity contribution in [1.29, 1.82) is 0 Å². The second-order valence-corrected chi connectivity index (χ2v) is 4.55. The monoisotopic (exact) mass is 275 g/mol. The van der Waals surface area contributed by atoms with Crippen molar-refractivity contribution in [1.82, 2.24) is 4.57 Å². The molecule has 0 spiro atoms. The Hall–Kier alpha value is -1.50. The molecule has 0 saturated carbocycles. The fourth-order valence-electron chi connectivity index (χ4n) is 2.37. The Bertz CT molecular complexity index is 522. The first-order valence-electron chi connectivity index (χ1n) is 6.23. The third kappa shape index (κ3) is 2.75. The van der Waals surface area contributed by atoms with E-state index < -0.39 is 17.3 Å². The van der Waals surface area contributed by atoms with E-state index >= 15 is 0 Å². The lowest BCUT2D eigenvalue weighted by atomic mass is 10.0. The number of halogens is 3. The molecule has 106 valence electrons. The van der Waals surface area contributed by atoms with E-state index in [0.717, 1.165) is 12.8 Å². The van der Waals surface area contributed by atoms with Gasteiger partial charge >= 0.3 is 6.18 Å². The summed E-state index contributed by atoms with van der Waals surface area (Å²) in [5.74, 6) is 0.280. The van der Waals surface area contributed by atoms with Crippen molar-refractivity contribution in [2.75, 3.05) is 18.4 Å². The Morgan fingerprint density at radius 1 is 1.37 bits per heavy atom. The van der Waals surface area contributed by atoms with Gasteiger partial charge in [0.15, 0.2) is 0 Å². The number of rotatable bonds is 2. The second kappa shape index (κ2) is 5.24. The van der Waals surface area contributed by atoms with Crippen molar-refractivity contribution < 1.29 is 13.2 Å². The molecule has 2 heterocycles. The second-order valence-electron chi connectivity index (χ2n) is 4.55. The largest absolute Gasteiger partial charge is 0.417 e. The van der Waals surface area contributed by atoms with Crippen molar-refractivity contribution in [3.63, 3.8) is 0 Å². The normalized spacial score (nSPS) is 15.6. The van der Waals surface area contributed by atoms with Crippen LogP contribution in [0.25, 0.3) is 0 Å². The first kappa shape index (κ1) is 13.9. The van der Waals surface area contributed by atoms with Gasteiger partial charge in [-0.1, -0.05) is 0 Å². The Kier molecular flexibility index (Phi) is 3.84. The van der Waals surface area contributed by atoms with Crippen molar-refractivity contribution >= 4 is 5.82 Å². The van der Waals surface area contributed by atoms with Gasteiger partial charge < -0.3 is 11.1 Å². The first-order valence-corrected chi connectivity index (χ1v) is 6.23. The summed E-state index contributed by atoms with van der Waals surface area (Å²) in [5, 5.41) is 2.94. The van der Waals surface area contributed by atoms with E-state index in [1.54, 1.807) is 0 Å². The molecular weight excluding hydrogens is 259 g/mol. The zero-order chi connectivity index (χ0) is 14.0. The van der Waals surface area contributed by atoms with Gasteiger partial charge in [0.05, 0.1) is 5.56 Å². The molecule has 1 aliphatic heterocycles. The van der Waals surface area contributed by atoms with Gasteiger partial charge in [0, 0.05) is 24.7 Å². The molecule has 1 aliphatic rings. The summed E-state index contributed by atoms with van der Waals surface area (Å²) in [7, 11) is 0. The van der Waals surface area contributed by atoms with Crippen LogP contribution in [0.1, 0.15) is 24.0 Å². The van der Waals surface area contributed by atoms with Gasteiger partial charge in [-0.05, 0) is 25.8 Å². The summed E-state index contributed by atoms with van der Waals surface area (Å²) in [4.78, 5) is 11.8. The third-order valence-electron chi connectivity index (χ3n) is 3.22. The molecule has 0 unspecified atom stereocenters. The molecule has 0 radical (unpaired) electrons. The van der Waals surface area contributed by atoms with Gasteiger partial charge in [-0.25, -0.2) is 0 Å². The summed E-state index contributed by atoms with van der Waals surface area (Å²) in [5.41, 5.74) is 4.01. The maximum atomic E-state index is 13.0. The van der Waals surface area contributed by atoms with Crippen LogP contribution >= 0.6 is 0 Å². The van der Waals surface area contributed by atoms with Crippen molar-refractivity contribution in [3.05, 3.63) is 27.5 Å². The molecule has 2 rings (SSSR count). The van der Waals surface area contributed by atoms with E-state index in [9.17, 15) is 18.0 Å². The lowest BCUT2D eigenvalue weighted by Gasteiger charge is -2.20. The van der Waals surface area contributed by atoms with Gasteiger partial charge in [-0.15, -0.1) is 0 Å². The predicted octanol–water partition coefficient (Wildman–Crippen LogP) is 1.57. The number of fused-ring (bicyclic) bond motifs is 1. The average molecular weight is 275 g/mol. The van der Waals surface area contributed by atoms with Crippen LogP contribution < -0.4 is 16.6 Å². The van der Waals surface area contributed by atoms with E-state index in [-0.39, 0.29) is 24.3 Å². The van der Waals surface area contributed by atoms with E-state index in [1.807, 2.05) is 0 Å². The molecule has 0 aromatic carbocycles. The SMILES string of the molecule is NCCc1c(C(F)(F)F)cc(=O)n2c1NCCCC2. The van der Waals surface area contributed by atoms with Crippen molar-refractivity contribution in [3.8, 4) is 0 Å². The highest BCUT2D eigenvalue weighted by Crippen LogP contribution is 2.34. The summed E-state index contributed by atoms with van der Waals surface area (Å²) < 4.78 is 40.4. The molecule has 0 bridgehead atoms. The Balaban J connectivity index is 2.67. The molecule has 1 aromatic rings. The number of aromatic nitrogens is 1. The number of nitrogens with zero attached hydrogens (tertiary/aromatic N) is 1. The molecule has 7 heteroatoms. The molecular formula is C12H16F3N3O. The van der Waals surface area contributed by atoms with Crippen molar-refractivity contribution in [2.45, 2.75) is 32.0 Å². The zero-order valence-corrected chi connectivity index (χ0v) is 10.4. The molecule has 0 aliphatic carbocycles. The van der Waals surface area contributed by atoms with Gasteiger partial charge in [0.1, 0.15) is 5.82 Å². The number of nitrogens with two attached hydrogens (primary N) is 1. The van der Waals surface area contributed by atoms with Crippen LogP contribution in [0.3, 0.4) is 0 Å². The van der Waals surface area contributed by atoms with Crippen LogP contribution in [0.5, 0.6) is 0 Å². The molecule has 0 amide bonds. The summed E-state index contributed by atoms with van der Waals surface area (Å²) in [6.45, 7) is 1.12. The van der Waals surface area contributed by atoms with Gasteiger partial charge in [-0.2, -0.15) is 13.2 Å². The number of nitrogens with one attached hydrogen (secondary N) is 1. The summed E-state index contributed by atoms with van der Waals surface area (Å²) in [6.07, 6.45) is -2.84. The van der Waals surface area contributed by atoms with E-state index in [0.29, 0.717) is 19.2 Å². The van der Waals surface area contributed by atoms with Crippen molar-refractivity contribution in [2.24, 2.45) is 5.73 Å². The van der Waals surface area contributed by atoms with Crippen LogP contribution in [-0.4, -0.2) is 17.7 Å². The Morgan fingerprint density at radius 3 is 2.74 bits per heavy atom. The highest BCUT2D eigenvalue weighted by Gasteiger charge is 2.36. The van der Waals surface area contributed by atoms with Crippen LogP contribution in [0.4, 0.5) is 19.0 Å². The molecule has 4 nitrogen and oxygen atoms in total. The fourth-order valence-corrected chi connectivity index (χ4v) is 2.37. The zero-order valence-electron chi connectivity index (χ0n) is 10.4. The molecule has 3 N–H and O–H groups in total. The number of pyridine rings is 1. The van der Waals surface area contributed by atoms with Gasteiger partial charge in [0.25, 0.3) is 5.56 Å². The first-order chi connectivity index (χ1) is 8.95. The number of hydrogen-bond donors (Lipinski definition) is 2. The minimum absolute atomic E-state index is 0.0940. The number of anilines is 1. The molecule has 19 heavy (non-hydrogen) atoms. The standard InChI is InChI=1S/C12H16F3N3O/c13-12(14,15)9-7-10(19)18-6-2-1-5-17-11(18)8(9)3-4-16/h7,17H,1-6,16H2. The number of hydrogen-bond acceptors (Lipinski definition) is 3. The molecule has 1 aromatic heterocycles. The molecule has 0 saturated heterocycles. The summed E-state index contributed by atoms with van der Waals surface area (Å²) in [6, 6.07) is 0.682. The topological polar surface area (TPSA) is 60.1 Å². The Labute approximate surface area is 108 Å². The third-order valence-corrected chi connectivity index (χ3v) is 3.22. The minimum Gasteiger partial charge on any atom is -0.371 e. The average Bonchev–Trinajstić information content (AvgIpc) is 2.57. The molecule has 0 fully saturated rings. The van der Waals surface area contributed by atoms with E-state index in [4.69, 9.17) is 5.73 Å². The maximum Gasteiger partial charge on any atom is 0.417 e. The quantitative estimate of drug-likeness (QED) is 0.861. The smallest absolute Gasteiger partial charge is 0.371 e. The van der Waals surface area contributed by atoms with Gasteiger partial charge in [-0.3, -0.25) is 9.36 Å². The minimum atomic E-state index is -4.53. The summed E-state index contributed by atoms with van der Waals surface area (Å²) >= 11 is 0. The lowest BCUT2D eigenvalue weighted by molar-refractivity contribution is -0.138. The number of alkyl halides is 3. The van der Waals surface area contributed by atoms with Crippen LogP contribution in [0, 0.1) is 0 Å². The van der Waals surface area contributed by atoms with Crippen LogP contribution in [-0.2, 0) is 19.1 Å². The van der Waals surface area contributed by atoms with Crippen LogP contribution in [0.15, 0.2) is 10.9 Å². The maximum absolute atomic E-state index is 13.0. The lowest BCUT2D eigenvalue weighted by Crippen LogP contribution is -2.27. The van der Waals surface area contributed by atoms with Gasteiger partial charge in [0.2, 0.25) is 0 Å². The van der Waals surface area contributed by atoms with Crippen LogP contribution in [0.2, 0.25) is 0 Å². The van der Waals surface area contributed by atoms with E-state index in [1.165, 1.54) is 4.57 Å². The highest BCUT2D eigenvalue weighted by atomic mass is 19.4. The predicted molar refractivity (Wildman–Crippen MR) is 66.2 cm³/mol. The molecule has 0 atom stereocenters. The highest BCUT2D eigenvalue weighted by molar-refractivity contribution is 5.51. The Morgan fingerprint density at radius 2 is 2.11 bits per heavy atom. The van der Waals surface area contributed by atoms with E-state index in [2.05, 4.69) is 5.32 Å².